The van der Waals surface area contributed by atoms with Gasteiger partial charge in [0, 0.05) is 33.6 Å². The number of hydrogen-bond donors (Lipinski definition) is 2. The molecule has 2 heteroatoms. The zero-order chi connectivity index (χ0) is 39.6. The van der Waals surface area contributed by atoms with Crippen LogP contribution in [0.3, 0.4) is 0 Å². The van der Waals surface area contributed by atoms with E-state index < -0.39 is 0 Å². The zero-order valence-corrected chi connectivity index (χ0v) is 36.6. The summed E-state index contributed by atoms with van der Waals surface area (Å²) in [6.07, 6.45) is 21.9. The quantitative estimate of drug-likeness (QED) is 0.111. The Balaban J connectivity index is 1.28. The molecule has 2 saturated carbocycles. The van der Waals surface area contributed by atoms with Crippen LogP contribution >= 0.6 is 0 Å². The molecule has 2 nitrogen and oxygen atoms in total. The van der Waals surface area contributed by atoms with Gasteiger partial charge in [0.15, 0.2) is 0 Å². The van der Waals surface area contributed by atoms with Crippen molar-refractivity contribution in [2.45, 2.75) is 180 Å². The number of unbranched alkanes of at least 4 members (excludes halogenated alkanes) is 8. The standard InChI is InChI=1S/C54H74N2/c1-9-11-13-15-17-19-39-35-53-37-40(20-18-16-14-12-10-2)38-54(53,36-39)50-34-46(56-44-27-23-42(24-28-44)52(6,7)8)30-32-48(50)47-31-29-45(33-49(47)53)55-43-25-21-41(22-26-43)51(3,4)5/h21-34,39-40,55-56H,9-20,35-38H2,1-8H3/t39?,40?,53-,54+. The average molecular weight is 751 g/mol. The predicted molar refractivity (Wildman–Crippen MR) is 244 cm³/mol. The Kier molecular flexibility index (Phi) is 12.2. The summed E-state index contributed by atoms with van der Waals surface area (Å²) in [5, 5.41) is 7.76. The van der Waals surface area contributed by atoms with Crippen molar-refractivity contribution in [2.75, 3.05) is 10.6 Å². The monoisotopic (exact) mass is 751 g/mol. The Morgan fingerprint density at radius 2 is 0.786 bits per heavy atom. The Morgan fingerprint density at radius 1 is 0.446 bits per heavy atom. The van der Waals surface area contributed by atoms with Gasteiger partial charge in [0.05, 0.1) is 0 Å². The topological polar surface area (TPSA) is 24.1 Å². The Labute approximate surface area is 342 Å². The van der Waals surface area contributed by atoms with Crippen molar-refractivity contribution in [3.63, 3.8) is 0 Å². The Bertz CT molecular complexity index is 1750. The molecule has 3 aliphatic carbocycles. The second kappa shape index (κ2) is 16.8. The van der Waals surface area contributed by atoms with Crippen molar-refractivity contribution in [1.82, 2.24) is 0 Å². The summed E-state index contributed by atoms with van der Waals surface area (Å²) in [4.78, 5) is 0. The number of rotatable bonds is 16. The molecule has 7 rings (SSSR count). The Morgan fingerprint density at radius 3 is 1.12 bits per heavy atom. The molecule has 300 valence electrons. The van der Waals surface area contributed by atoms with Gasteiger partial charge in [-0.25, -0.2) is 0 Å². The highest BCUT2D eigenvalue weighted by molar-refractivity contribution is 5.83. The molecule has 0 bridgehead atoms. The minimum Gasteiger partial charge on any atom is -0.356 e. The molecular formula is C54H74N2. The fourth-order valence-electron chi connectivity index (χ4n) is 11.4. The second-order valence-corrected chi connectivity index (χ2v) is 20.5. The van der Waals surface area contributed by atoms with E-state index in [0.717, 1.165) is 11.8 Å². The molecule has 0 aliphatic heterocycles. The maximum atomic E-state index is 3.88. The highest BCUT2D eigenvalue weighted by atomic mass is 14.9. The number of nitrogens with one attached hydrogen (secondary N) is 2. The highest BCUT2D eigenvalue weighted by Gasteiger charge is 2.66. The van der Waals surface area contributed by atoms with Crippen molar-refractivity contribution in [2.24, 2.45) is 11.8 Å². The maximum Gasteiger partial charge on any atom is 0.0387 e. The van der Waals surface area contributed by atoms with Crippen molar-refractivity contribution in [3.05, 3.63) is 107 Å². The van der Waals surface area contributed by atoms with Gasteiger partial charge in [0.2, 0.25) is 0 Å². The van der Waals surface area contributed by atoms with Gasteiger partial charge in [0.1, 0.15) is 0 Å². The van der Waals surface area contributed by atoms with Crippen LogP contribution in [0.2, 0.25) is 0 Å². The summed E-state index contributed by atoms with van der Waals surface area (Å²) in [6, 6.07) is 33.2. The van der Waals surface area contributed by atoms with Crippen LogP contribution in [-0.4, -0.2) is 0 Å². The first kappa shape index (κ1) is 40.7. The van der Waals surface area contributed by atoms with Gasteiger partial charge >= 0.3 is 0 Å². The largest absolute Gasteiger partial charge is 0.356 e. The first-order valence-corrected chi connectivity index (χ1v) is 22.9. The van der Waals surface area contributed by atoms with Gasteiger partial charge in [0.25, 0.3) is 0 Å². The lowest BCUT2D eigenvalue weighted by molar-refractivity contribution is 0.299. The second-order valence-electron chi connectivity index (χ2n) is 20.5. The van der Waals surface area contributed by atoms with Crippen LogP contribution in [0.5, 0.6) is 0 Å². The van der Waals surface area contributed by atoms with Gasteiger partial charge in [-0.1, -0.05) is 169 Å². The van der Waals surface area contributed by atoms with E-state index in [4.69, 9.17) is 0 Å². The van der Waals surface area contributed by atoms with E-state index in [9.17, 15) is 0 Å². The minimum atomic E-state index is 0.149. The van der Waals surface area contributed by atoms with Crippen molar-refractivity contribution >= 4 is 22.7 Å². The lowest BCUT2D eigenvalue weighted by Gasteiger charge is -2.48. The SMILES string of the molecule is CCCCCCCC1C[C@]23CC(CCCCCCC)C[C@@]2(C1)c1cc(Nc2ccc(C(C)(C)C)cc2)ccc1-c1ccc(Nc2ccc(C(C)(C)C)cc2)cc13. The van der Waals surface area contributed by atoms with E-state index in [0.29, 0.717) is 0 Å². The smallest absolute Gasteiger partial charge is 0.0387 e. The van der Waals surface area contributed by atoms with E-state index in [1.54, 1.807) is 11.1 Å². The van der Waals surface area contributed by atoms with Crippen molar-refractivity contribution in [1.29, 1.82) is 0 Å². The third kappa shape index (κ3) is 8.37. The average Bonchev–Trinajstić information content (AvgIpc) is 3.66. The molecule has 4 aromatic carbocycles. The summed E-state index contributed by atoms with van der Waals surface area (Å²) in [5.74, 6) is 1.56. The van der Waals surface area contributed by atoms with E-state index in [-0.39, 0.29) is 21.7 Å². The molecule has 2 fully saturated rings. The van der Waals surface area contributed by atoms with Crippen molar-refractivity contribution in [3.8, 4) is 11.1 Å². The molecule has 0 unspecified atom stereocenters. The van der Waals surface area contributed by atoms with E-state index in [1.807, 2.05) is 0 Å². The van der Waals surface area contributed by atoms with Crippen LogP contribution in [0, 0.1) is 11.8 Å². The number of hydrogen-bond acceptors (Lipinski definition) is 2. The van der Waals surface area contributed by atoms with Crippen LogP contribution < -0.4 is 10.6 Å². The highest BCUT2D eigenvalue weighted by Crippen LogP contribution is 2.73. The predicted octanol–water partition coefficient (Wildman–Crippen LogP) is 16.5. The summed E-state index contributed by atoms with van der Waals surface area (Å²) >= 11 is 0. The molecule has 0 spiro atoms. The van der Waals surface area contributed by atoms with Gasteiger partial charge in [-0.15, -0.1) is 0 Å². The van der Waals surface area contributed by atoms with E-state index in [1.165, 1.54) is 148 Å². The molecule has 4 aromatic rings. The number of fused-ring (bicyclic) bond motifs is 3. The summed E-state index contributed by atoms with van der Waals surface area (Å²) in [5.41, 5.74) is 14.5. The van der Waals surface area contributed by atoms with Crippen molar-refractivity contribution < 1.29 is 0 Å². The molecular weight excluding hydrogens is 677 g/mol. The molecule has 0 radical (unpaired) electrons. The van der Waals surface area contributed by atoms with Crippen LogP contribution in [0.25, 0.3) is 11.1 Å². The van der Waals surface area contributed by atoms with Gasteiger partial charge in [-0.2, -0.15) is 0 Å². The molecule has 0 aromatic heterocycles. The van der Waals surface area contributed by atoms with Crippen LogP contribution in [-0.2, 0) is 21.7 Å². The summed E-state index contributed by atoms with van der Waals surface area (Å²) in [7, 11) is 0. The lowest BCUT2D eigenvalue weighted by atomic mass is 9.55. The molecule has 2 N–H and O–H groups in total. The molecule has 56 heavy (non-hydrogen) atoms. The molecule has 0 heterocycles. The number of benzene rings is 4. The normalized spacial score (nSPS) is 22.6. The minimum absolute atomic E-state index is 0.149. The van der Waals surface area contributed by atoms with Gasteiger partial charge in [-0.3, -0.25) is 0 Å². The first-order chi connectivity index (χ1) is 26.8. The summed E-state index contributed by atoms with van der Waals surface area (Å²) < 4.78 is 0. The Hall–Kier alpha value is -3.52. The molecule has 0 saturated heterocycles. The summed E-state index contributed by atoms with van der Waals surface area (Å²) in [6.45, 7) is 18.5. The molecule has 0 atom stereocenters. The van der Waals surface area contributed by atoms with E-state index in [2.05, 4.69) is 151 Å². The fourth-order valence-corrected chi connectivity index (χ4v) is 11.4. The fraction of sp³-hybridized carbons (Fsp3) is 0.556. The van der Waals surface area contributed by atoms with Gasteiger partial charge < -0.3 is 10.6 Å². The van der Waals surface area contributed by atoms with Crippen LogP contribution in [0.4, 0.5) is 22.7 Å². The third-order valence-corrected chi connectivity index (χ3v) is 14.3. The molecule has 0 amide bonds. The number of anilines is 4. The van der Waals surface area contributed by atoms with Gasteiger partial charge in [-0.05, 0) is 130 Å². The lowest BCUT2D eigenvalue weighted by Crippen LogP contribution is -2.43. The zero-order valence-electron chi connectivity index (χ0n) is 36.6. The van der Waals surface area contributed by atoms with Crippen LogP contribution in [0.1, 0.15) is 180 Å². The first-order valence-electron chi connectivity index (χ1n) is 22.9. The third-order valence-electron chi connectivity index (χ3n) is 14.3. The van der Waals surface area contributed by atoms with E-state index >= 15 is 0 Å². The molecule has 3 aliphatic rings. The maximum absolute atomic E-state index is 3.88. The van der Waals surface area contributed by atoms with Crippen LogP contribution in [0.15, 0.2) is 84.9 Å².